The molecule has 0 unspecified atom stereocenters. The third-order valence-electron chi connectivity index (χ3n) is 3.16. The van der Waals surface area contributed by atoms with Gasteiger partial charge in [-0.15, -0.1) is 0 Å². The van der Waals surface area contributed by atoms with E-state index < -0.39 is 4.92 Å². The van der Waals surface area contributed by atoms with E-state index in [0.717, 1.165) is 0 Å². The SMILES string of the molecule is O=C(c1ccccc1)c1c[nH]c2cc([N+](=O)[O-])ccc12. The standard InChI is InChI=1S/C15H10N2O3/c18-15(10-4-2-1-3-5-10)13-9-16-14-8-11(17(19)20)6-7-12(13)14/h1-9,16H. The van der Waals surface area contributed by atoms with Crippen molar-refractivity contribution in [3.63, 3.8) is 0 Å². The smallest absolute Gasteiger partial charge is 0.271 e. The molecule has 0 saturated carbocycles. The van der Waals surface area contributed by atoms with Crippen LogP contribution in [0.4, 0.5) is 5.69 Å². The molecule has 0 radical (unpaired) electrons. The topological polar surface area (TPSA) is 76.0 Å². The van der Waals surface area contributed by atoms with Gasteiger partial charge in [0.1, 0.15) is 0 Å². The van der Waals surface area contributed by atoms with Crippen LogP contribution in [0.3, 0.4) is 0 Å². The third kappa shape index (κ3) is 1.95. The summed E-state index contributed by atoms with van der Waals surface area (Å²) in [5.74, 6) is -0.106. The predicted octanol–water partition coefficient (Wildman–Crippen LogP) is 3.31. The number of carbonyl (C=O) groups excluding carboxylic acids is 1. The van der Waals surface area contributed by atoms with Crippen LogP contribution in [0, 0.1) is 10.1 Å². The summed E-state index contributed by atoms with van der Waals surface area (Å²) in [5, 5.41) is 11.4. The Morgan fingerprint density at radius 3 is 2.55 bits per heavy atom. The lowest BCUT2D eigenvalue weighted by molar-refractivity contribution is -0.384. The summed E-state index contributed by atoms with van der Waals surface area (Å²) in [6.07, 6.45) is 1.59. The van der Waals surface area contributed by atoms with Crippen LogP contribution >= 0.6 is 0 Å². The van der Waals surface area contributed by atoms with Crippen molar-refractivity contribution in [2.24, 2.45) is 0 Å². The number of nitro groups is 1. The summed E-state index contributed by atoms with van der Waals surface area (Å²) < 4.78 is 0. The molecule has 0 bridgehead atoms. The number of aromatic nitrogens is 1. The van der Waals surface area contributed by atoms with Gasteiger partial charge in [0.05, 0.1) is 10.4 Å². The number of H-pyrrole nitrogens is 1. The molecule has 3 aromatic rings. The van der Waals surface area contributed by atoms with E-state index in [-0.39, 0.29) is 11.5 Å². The number of hydrogen-bond acceptors (Lipinski definition) is 3. The fraction of sp³-hybridized carbons (Fsp3) is 0. The van der Waals surface area contributed by atoms with Crippen LogP contribution in [0.5, 0.6) is 0 Å². The number of nitrogens with zero attached hydrogens (tertiary/aromatic N) is 1. The predicted molar refractivity (Wildman–Crippen MR) is 74.8 cm³/mol. The van der Waals surface area contributed by atoms with E-state index in [1.165, 1.54) is 12.1 Å². The monoisotopic (exact) mass is 266 g/mol. The van der Waals surface area contributed by atoms with Crippen LogP contribution in [-0.4, -0.2) is 15.7 Å². The van der Waals surface area contributed by atoms with Gasteiger partial charge in [-0.05, 0) is 6.07 Å². The Kier molecular flexibility index (Phi) is 2.80. The highest BCUT2D eigenvalue weighted by Crippen LogP contribution is 2.25. The molecule has 0 saturated heterocycles. The molecule has 5 heteroatoms. The van der Waals surface area contributed by atoms with Crippen LogP contribution < -0.4 is 0 Å². The lowest BCUT2D eigenvalue weighted by atomic mass is 10.0. The van der Waals surface area contributed by atoms with Crippen molar-refractivity contribution in [2.75, 3.05) is 0 Å². The number of nitrogens with one attached hydrogen (secondary N) is 1. The second kappa shape index (κ2) is 4.62. The minimum Gasteiger partial charge on any atom is -0.360 e. The van der Waals surface area contributed by atoms with Crippen molar-refractivity contribution in [3.05, 3.63) is 76.0 Å². The molecule has 0 amide bonds. The van der Waals surface area contributed by atoms with E-state index in [9.17, 15) is 14.9 Å². The Bertz CT molecular complexity index is 806. The first-order valence-electron chi connectivity index (χ1n) is 6.02. The fourth-order valence-corrected chi connectivity index (χ4v) is 2.16. The van der Waals surface area contributed by atoms with Gasteiger partial charge in [-0.3, -0.25) is 14.9 Å². The lowest BCUT2D eigenvalue weighted by Crippen LogP contribution is -1.99. The van der Waals surface area contributed by atoms with Crippen molar-refractivity contribution in [2.45, 2.75) is 0 Å². The summed E-state index contributed by atoms with van der Waals surface area (Å²) in [6.45, 7) is 0. The second-order valence-electron chi connectivity index (χ2n) is 4.38. The van der Waals surface area contributed by atoms with Gasteiger partial charge in [0.2, 0.25) is 0 Å². The number of ketones is 1. The van der Waals surface area contributed by atoms with E-state index in [1.807, 2.05) is 6.07 Å². The molecule has 1 aromatic heterocycles. The Balaban J connectivity index is 2.09. The third-order valence-corrected chi connectivity index (χ3v) is 3.16. The molecule has 98 valence electrons. The van der Waals surface area contributed by atoms with Crippen LogP contribution in [-0.2, 0) is 0 Å². The molecule has 0 atom stereocenters. The largest absolute Gasteiger partial charge is 0.360 e. The van der Waals surface area contributed by atoms with Gasteiger partial charge in [0.15, 0.2) is 5.78 Å². The van der Waals surface area contributed by atoms with E-state index in [4.69, 9.17) is 0 Å². The molecule has 0 aliphatic carbocycles. The Morgan fingerprint density at radius 1 is 1.10 bits per heavy atom. The second-order valence-corrected chi connectivity index (χ2v) is 4.38. The summed E-state index contributed by atoms with van der Waals surface area (Å²) >= 11 is 0. The quantitative estimate of drug-likeness (QED) is 0.449. The van der Waals surface area contributed by atoms with Crippen LogP contribution in [0.1, 0.15) is 15.9 Å². The van der Waals surface area contributed by atoms with Crippen molar-refractivity contribution in [1.82, 2.24) is 4.98 Å². The first-order chi connectivity index (χ1) is 9.66. The van der Waals surface area contributed by atoms with E-state index in [1.54, 1.807) is 36.5 Å². The molecule has 1 heterocycles. The molecule has 1 N–H and O–H groups in total. The normalized spacial score (nSPS) is 10.6. The van der Waals surface area contributed by atoms with Crippen molar-refractivity contribution >= 4 is 22.4 Å². The number of benzene rings is 2. The fourth-order valence-electron chi connectivity index (χ4n) is 2.16. The summed E-state index contributed by atoms with van der Waals surface area (Å²) in [6, 6.07) is 13.4. The van der Waals surface area contributed by atoms with Crippen LogP contribution in [0.2, 0.25) is 0 Å². The number of aromatic amines is 1. The highest BCUT2D eigenvalue weighted by Gasteiger charge is 2.15. The number of rotatable bonds is 3. The average molecular weight is 266 g/mol. The minimum atomic E-state index is -0.459. The number of non-ortho nitro benzene ring substituents is 1. The van der Waals surface area contributed by atoms with Crippen LogP contribution in [0.15, 0.2) is 54.7 Å². The molecule has 2 aromatic carbocycles. The maximum Gasteiger partial charge on any atom is 0.271 e. The Labute approximate surface area is 114 Å². The number of carbonyl (C=O) groups is 1. The molecule has 0 aliphatic heterocycles. The van der Waals surface area contributed by atoms with E-state index in [2.05, 4.69) is 4.98 Å². The molecule has 0 spiro atoms. The van der Waals surface area contributed by atoms with Crippen molar-refractivity contribution < 1.29 is 9.72 Å². The number of nitro benzene ring substituents is 1. The molecule has 20 heavy (non-hydrogen) atoms. The summed E-state index contributed by atoms with van der Waals surface area (Å²) in [5.41, 5.74) is 1.68. The Morgan fingerprint density at radius 2 is 1.85 bits per heavy atom. The molecule has 0 fully saturated rings. The van der Waals surface area contributed by atoms with Crippen LogP contribution in [0.25, 0.3) is 10.9 Å². The van der Waals surface area contributed by atoms with Gasteiger partial charge in [-0.1, -0.05) is 30.3 Å². The van der Waals surface area contributed by atoms with Gasteiger partial charge in [-0.25, -0.2) is 0 Å². The summed E-state index contributed by atoms with van der Waals surface area (Å²) in [7, 11) is 0. The zero-order valence-corrected chi connectivity index (χ0v) is 10.4. The zero-order chi connectivity index (χ0) is 14.1. The van der Waals surface area contributed by atoms with E-state index in [0.29, 0.717) is 22.0 Å². The van der Waals surface area contributed by atoms with Crippen molar-refractivity contribution in [1.29, 1.82) is 0 Å². The number of fused-ring (bicyclic) bond motifs is 1. The number of hydrogen-bond donors (Lipinski definition) is 1. The molecule has 5 nitrogen and oxygen atoms in total. The Hall–Kier alpha value is -2.95. The highest BCUT2D eigenvalue weighted by atomic mass is 16.6. The van der Waals surface area contributed by atoms with Gasteiger partial charge < -0.3 is 4.98 Å². The highest BCUT2D eigenvalue weighted by molar-refractivity contribution is 6.16. The molecule has 0 aliphatic rings. The van der Waals surface area contributed by atoms with Gasteiger partial charge in [-0.2, -0.15) is 0 Å². The maximum absolute atomic E-state index is 12.4. The van der Waals surface area contributed by atoms with Gasteiger partial charge in [0, 0.05) is 34.8 Å². The lowest BCUT2D eigenvalue weighted by Gasteiger charge is -1.99. The average Bonchev–Trinajstić information content (AvgIpc) is 2.90. The summed E-state index contributed by atoms with van der Waals surface area (Å²) in [4.78, 5) is 25.6. The molecular weight excluding hydrogens is 256 g/mol. The van der Waals surface area contributed by atoms with Gasteiger partial charge in [0.25, 0.3) is 5.69 Å². The zero-order valence-electron chi connectivity index (χ0n) is 10.4. The van der Waals surface area contributed by atoms with E-state index >= 15 is 0 Å². The minimum absolute atomic E-state index is 0.00180. The van der Waals surface area contributed by atoms with Gasteiger partial charge >= 0.3 is 0 Å². The molecule has 3 rings (SSSR count). The maximum atomic E-state index is 12.4. The van der Waals surface area contributed by atoms with Crippen molar-refractivity contribution in [3.8, 4) is 0 Å². The first kappa shape index (κ1) is 12.1. The first-order valence-corrected chi connectivity index (χ1v) is 6.02. The molecular formula is C15H10N2O3.